The summed E-state index contributed by atoms with van der Waals surface area (Å²) in [6, 6.07) is 19.7. The number of fused-ring (bicyclic) bond motifs is 1. The zero-order chi connectivity index (χ0) is 28.9. The molecule has 1 fully saturated rings. The Morgan fingerprint density at radius 3 is 2.56 bits per heavy atom. The first-order valence-electron chi connectivity index (χ1n) is 14.1. The zero-order valence-electron chi connectivity index (χ0n) is 23.5. The van der Waals surface area contributed by atoms with E-state index in [-0.39, 0.29) is 18.7 Å². The molecule has 41 heavy (non-hydrogen) atoms. The fraction of sp³-hybridized carbons (Fsp3) is 0.364. The van der Waals surface area contributed by atoms with Gasteiger partial charge >= 0.3 is 0 Å². The third-order valence-corrected chi connectivity index (χ3v) is 8.44. The molecule has 0 aromatic heterocycles. The molecule has 0 unspecified atom stereocenters. The van der Waals surface area contributed by atoms with Crippen molar-refractivity contribution in [1.82, 2.24) is 9.96 Å². The van der Waals surface area contributed by atoms with Gasteiger partial charge in [0.15, 0.2) is 0 Å². The van der Waals surface area contributed by atoms with Crippen LogP contribution in [0.15, 0.2) is 60.7 Å². The molecule has 0 N–H and O–H groups in total. The lowest BCUT2D eigenvalue weighted by Gasteiger charge is -2.20. The van der Waals surface area contributed by atoms with Gasteiger partial charge in [0, 0.05) is 42.3 Å². The van der Waals surface area contributed by atoms with E-state index in [1.165, 1.54) is 12.2 Å². The van der Waals surface area contributed by atoms with Crippen LogP contribution in [0.5, 0.6) is 5.75 Å². The summed E-state index contributed by atoms with van der Waals surface area (Å²) in [5.41, 5.74) is 7.00. The van der Waals surface area contributed by atoms with Crippen LogP contribution in [0.1, 0.15) is 58.3 Å². The van der Waals surface area contributed by atoms with Crippen LogP contribution < -0.4 is 4.74 Å². The van der Waals surface area contributed by atoms with Gasteiger partial charge in [-0.05, 0) is 102 Å². The molecule has 0 saturated carbocycles. The molecule has 3 aromatic carbocycles. The van der Waals surface area contributed by atoms with Gasteiger partial charge in [-0.2, -0.15) is 0 Å². The van der Waals surface area contributed by atoms with E-state index in [1.807, 2.05) is 42.5 Å². The number of halogens is 3. The molecular formula is C33H35Cl2FN2O3. The minimum atomic E-state index is -0.284. The van der Waals surface area contributed by atoms with Gasteiger partial charge in [0.2, 0.25) is 0 Å². The molecular weight excluding hydrogens is 562 g/mol. The number of likely N-dealkylation sites (tertiary alicyclic amines) is 1. The molecule has 1 amide bonds. The van der Waals surface area contributed by atoms with E-state index < -0.39 is 0 Å². The number of ether oxygens (including phenoxy) is 1. The highest BCUT2D eigenvalue weighted by molar-refractivity contribution is 6.36. The molecule has 5 rings (SSSR count). The summed E-state index contributed by atoms with van der Waals surface area (Å²) in [6.45, 7) is 2.24. The Morgan fingerprint density at radius 2 is 1.83 bits per heavy atom. The molecule has 0 radical (unpaired) electrons. The van der Waals surface area contributed by atoms with Gasteiger partial charge in [-0.3, -0.25) is 18.9 Å². The fourth-order valence-electron chi connectivity index (χ4n) is 5.79. The molecule has 1 aliphatic heterocycles. The number of carbonyl (C=O) groups is 1. The molecule has 8 heteroatoms. The third-order valence-electron chi connectivity index (χ3n) is 7.90. The van der Waals surface area contributed by atoms with Crippen molar-refractivity contribution in [2.24, 2.45) is 0 Å². The molecule has 1 atom stereocenters. The lowest BCUT2D eigenvalue weighted by Crippen LogP contribution is -2.26. The van der Waals surface area contributed by atoms with Crippen molar-refractivity contribution < 1.29 is 18.8 Å². The first kappa shape index (κ1) is 29.6. The summed E-state index contributed by atoms with van der Waals surface area (Å²) in [7, 11) is 3.09. The minimum absolute atomic E-state index is 0.0999. The van der Waals surface area contributed by atoms with Gasteiger partial charge in [0.1, 0.15) is 11.9 Å². The second-order valence-electron chi connectivity index (χ2n) is 10.6. The fourth-order valence-corrected chi connectivity index (χ4v) is 6.31. The number of hydrogen-bond acceptors (Lipinski definition) is 4. The maximum Gasteiger partial charge on any atom is 0.277 e. The number of hydrogen-bond donors (Lipinski definition) is 0. The summed E-state index contributed by atoms with van der Waals surface area (Å²) in [5, 5.41) is 2.44. The van der Waals surface area contributed by atoms with Crippen molar-refractivity contribution in [3.05, 3.63) is 98.5 Å². The summed E-state index contributed by atoms with van der Waals surface area (Å²) in [5.74, 6) is 0.623. The van der Waals surface area contributed by atoms with Crippen molar-refractivity contribution >= 4 is 40.3 Å². The average Bonchev–Trinajstić information content (AvgIpc) is 3.34. The highest BCUT2D eigenvalue weighted by Crippen LogP contribution is 2.42. The second kappa shape index (κ2) is 13.4. The molecule has 5 nitrogen and oxygen atoms in total. The van der Waals surface area contributed by atoms with E-state index in [9.17, 15) is 9.18 Å². The van der Waals surface area contributed by atoms with E-state index in [1.54, 1.807) is 13.1 Å². The van der Waals surface area contributed by atoms with Gasteiger partial charge in [0.25, 0.3) is 5.91 Å². The number of carbonyl (C=O) groups excluding carboxylic acids is 1. The van der Waals surface area contributed by atoms with Crippen molar-refractivity contribution in [1.29, 1.82) is 0 Å². The topological polar surface area (TPSA) is 42.0 Å². The summed E-state index contributed by atoms with van der Waals surface area (Å²) >= 11 is 13.0. The van der Waals surface area contributed by atoms with E-state index in [2.05, 4.69) is 17.0 Å². The molecule has 216 valence electrons. The van der Waals surface area contributed by atoms with Gasteiger partial charge < -0.3 is 4.74 Å². The highest BCUT2D eigenvalue weighted by Gasteiger charge is 2.25. The minimum Gasteiger partial charge on any atom is -0.489 e. The monoisotopic (exact) mass is 596 g/mol. The standard InChI is InChI=1S/C33H35Cl2FN2O3/c1-37(40-2)33(39)24-9-13-28-23(19-24)5-3-6-30(29-14-10-25(34)20-31(29)35)32(28)22-7-11-26(12-8-22)41-27-15-18-38(21-27)17-4-16-36/h7-14,19-20,27H,3-6,15-18,21H2,1-2H3/t27-/m0/s1. The molecule has 2 aliphatic rings. The number of benzene rings is 3. The van der Waals surface area contributed by atoms with Gasteiger partial charge in [-0.1, -0.05) is 47.5 Å². The average molecular weight is 598 g/mol. The van der Waals surface area contributed by atoms with Crippen LogP contribution in [0.4, 0.5) is 4.39 Å². The molecule has 0 spiro atoms. The van der Waals surface area contributed by atoms with E-state index in [0.717, 1.165) is 84.5 Å². The Bertz CT molecular complexity index is 1430. The first-order valence-corrected chi connectivity index (χ1v) is 14.8. The molecule has 3 aromatic rings. The van der Waals surface area contributed by atoms with Crippen molar-refractivity contribution in [2.75, 3.05) is 40.5 Å². The first-order chi connectivity index (χ1) is 19.9. The zero-order valence-corrected chi connectivity index (χ0v) is 25.0. The van der Waals surface area contributed by atoms with Crippen LogP contribution in [0.2, 0.25) is 10.0 Å². The van der Waals surface area contributed by atoms with E-state index in [4.69, 9.17) is 32.8 Å². The Kier molecular flexibility index (Phi) is 9.66. The molecule has 1 saturated heterocycles. The summed E-state index contributed by atoms with van der Waals surface area (Å²) in [4.78, 5) is 20.2. The summed E-state index contributed by atoms with van der Waals surface area (Å²) in [6.07, 6.45) is 4.16. The number of rotatable bonds is 9. The second-order valence-corrected chi connectivity index (χ2v) is 11.4. The Balaban J connectivity index is 1.51. The van der Waals surface area contributed by atoms with Gasteiger partial charge in [0.05, 0.1) is 13.8 Å². The van der Waals surface area contributed by atoms with Crippen LogP contribution in [-0.2, 0) is 11.3 Å². The summed E-state index contributed by atoms with van der Waals surface area (Å²) < 4.78 is 18.9. The highest BCUT2D eigenvalue weighted by atomic mass is 35.5. The smallest absolute Gasteiger partial charge is 0.277 e. The van der Waals surface area contributed by atoms with Crippen molar-refractivity contribution in [3.8, 4) is 5.75 Å². The quantitative estimate of drug-likeness (QED) is 0.237. The lowest BCUT2D eigenvalue weighted by atomic mass is 9.87. The largest absolute Gasteiger partial charge is 0.489 e. The van der Waals surface area contributed by atoms with Gasteiger partial charge in [-0.25, -0.2) is 5.06 Å². The van der Waals surface area contributed by atoms with Crippen LogP contribution in [0.25, 0.3) is 11.1 Å². The van der Waals surface area contributed by atoms with Crippen molar-refractivity contribution in [3.63, 3.8) is 0 Å². The van der Waals surface area contributed by atoms with Crippen LogP contribution >= 0.6 is 23.2 Å². The number of allylic oxidation sites excluding steroid dienone is 1. The lowest BCUT2D eigenvalue weighted by molar-refractivity contribution is -0.0757. The molecule has 1 heterocycles. The number of amides is 1. The van der Waals surface area contributed by atoms with Gasteiger partial charge in [-0.15, -0.1) is 0 Å². The van der Waals surface area contributed by atoms with Crippen LogP contribution in [-0.4, -0.2) is 62.4 Å². The maximum atomic E-state index is 12.8. The Labute approximate surface area is 251 Å². The number of nitrogens with zero attached hydrogens (tertiary/aromatic N) is 2. The third kappa shape index (κ3) is 6.78. The Hall–Kier alpha value is -2.90. The van der Waals surface area contributed by atoms with Crippen LogP contribution in [0, 0.1) is 0 Å². The molecule has 0 bridgehead atoms. The van der Waals surface area contributed by atoms with Crippen molar-refractivity contribution in [2.45, 2.75) is 38.2 Å². The Morgan fingerprint density at radius 1 is 1.05 bits per heavy atom. The van der Waals surface area contributed by atoms with E-state index in [0.29, 0.717) is 22.0 Å². The number of hydroxylamine groups is 2. The number of alkyl halides is 1. The predicted molar refractivity (Wildman–Crippen MR) is 163 cm³/mol. The van der Waals surface area contributed by atoms with E-state index >= 15 is 0 Å². The number of aryl methyl sites for hydroxylation is 1. The maximum absolute atomic E-state index is 12.8. The predicted octanol–water partition coefficient (Wildman–Crippen LogP) is 7.73. The SMILES string of the molecule is CON(C)C(=O)c1ccc2c(c1)CCCC(c1ccc(Cl)cc1Cl)=C2c1ccc(O[C@H]2CCN(CCCF)C2)cc1. The normalized spacial score (nSPS) is 17.3. The van der Waals surface area contributed by atoms with Crippen LogP contribution in [0.3, 0.4) is 0 Å². The molecule has 1 aliphatic carbocycles.